The van der Waals surface area contributed by atoms with Gasteiger partial charge in [0.15, 0.2) is 5.82 Å². The first-order chi connectivity index (χ1) is 18.4. The zero-order chi connectivity index (χ0) is 26.6. The molecule has 9 nitrogen and oxygen atoms in total. The number of halogens is 2. The normalized spacial score (nSPS) is 18.3. The first-order valence-corrected chi connectivity index (χ1v) is 13.3. The van der Waals surface area contributed by atoms with Gasteiger partial charge in [-0.3, -0.25) is 9.36 Å². The van der Waals surface area contributed by atoms with Crippen LogP contribution >= 0.6 is 0 Å². The van der Waals surface area contributed by atoms with Crippen molar-refractivity contribution < 1.29 is 18.3 Å². The number of nitrogens with zero attached hydrogens (tertiary/aromatic N) is 7. The molecule has 0 saturated carbocycles. The van der Waals surface area contributed by atoms with E-state index < -0.39 is 6.43 Å². The van der Waals surface area contributed by atoms with Crippen LogP contribution in [0.25, 0.3) is 16.9 Å². The summed E-state index contributed by atoms with van der Waals surface area (Å²) in [7, 11) is 3.81. The maximum atomic E-state index is 14.1. The number of likely N-dealkylation sites (N-methyl/N-ethyl adjacent to an activating group) is 1. The van der Waals surface area contributed by atoms with Crippen LogP contribution in [0.15, 0.2) is 30.3 Å². The molecule has 0 spiro atoms. The zero-order valence-electron chi connectivity index (χ0n) is 22.0. The van der Waals surface area contributed by atoms with Gasteiger partial charge in [-0.1, -0.05) is 12.1 Å². The summed E-state index contributed by atoms with van der Waals surface area (Å²) in [4.78, 5) is 32.1. The summed E-state index contributed by atoms with van der Waals surface area (Å²) in [6.07, 6.45) is 0.705. The summed E-state index contributed by atoms with van der Waals surface area (Å²) in [5.74, 6) is 2.05. The molecule has 2 aliphatic rings. The van der Waals surface area contributed by atoms with Crippen LogP contribution in [-0.2, 0) is 16.0 Å². The summed E-state index contributed by atoms with van der Waals surface area (Å²) < 4.78 is 35.1. The lowest BCUT2D eigenvalue weighted by molar-refractivity contribution is -0.130. The molecule has 2 saturated heterocycles. The summed E-state index contributed by atoms with van der Waals surface area (Å²) in [6, 6.07) is 8.90. The summed E-state index contributed by atoms with van der Waals surface area (Å²) in [5.41, 5.74) is 1.10. The lowest BCUT2D eigenvalue weighted by atomic mass is 10.0. The number of alkyl halides is 2. The molecule has 4 heterocycles. The summed E-state index contributed by atoms with van der Waals surface area (Å²) in [5, 5.41) is 0. The monoisotopic (exact) mass is 527 g/mol. The molecule has 1 aromatic carbocycles. The Bertz CT molecular complexity index is 1260. The molecular weight excluding hydrogens is 492 g/mol. The van der Waals surface area contributed by atoms with Gasteiger partial charge in [0.05, 0.1) is 30.8 Å². The quantitative estimate of drug-likeness (QED) is 0.422. The van der Waals surface area contributed by atoms with Crippen LogP contribution in [0.4, 0.5) is 14.6 Å². The van der Waals surface area contributed by atoms with Crippen LogP contribution in [0.2, 0.25) is 0 Å². The van der Waals surface area contributed by atoms with Crippen molar-refractivity contribution in [3.63, 3.8) is 0 Å². The Balaban J connectivity index is 1.37. The minimum absolute atomic E-state index is 0.172. The van der Waals surface area contributed by atoms with Crippen LogP contribution < -0.4 is 4.90 Å². The second-order valence-electron chi connectivity index (χ2n) is 10.3. The molecule has 0 radical (unpaired) electrons. The number of carbonyl (C=O) groups is 1. The van der Waals surface area contributed by atoms with Crippen molar-refractivity contribution in [1.82, 2.24) is 29.3 Å². The third kappa shape index (κ3) is 5.94. The molecule has 38 heavy (non-hydrogen) atoms. The van der Waals surface area contributed by atoms with E-state index in [0.717, 1.165) is 32.4 Å². The van der Waals surface area contributed by atoms with E-state index in [-0.39, 0.29) is 11.7 Å². The topological polar surface area (TPSA) is 79.6 Å². The number of carbonyl (C=O) groups excluding carboxylic acids is 1. The van der Waals surface area contributed by atoms with Crippen LogP contribution in [0.3, 0.4) is 0 Å². The van der Waals surface area contributed by atoms with Crippen molar-refractivity contribution in [2.75, 3.05) is 64.9 Å². The molecule has 2 aliphatic heterocycles. The molecule has 0 N–H and O–H groups in total. The first-order valence-electron chi connectivity index (χ1n) is 13.3. The van der Waals surface area contributed by atoms with Gasteiger partial charge in [-0.2, -0.15) is 0 Å². The van der Waals surface area contributed by atoms with E-state index in [0.29, 0.717) is 73.7 Å². The molecule has 0 aliphatic carbocycles. The number of benzene rings is 1. The number of fused-ring (bicyclic) bond motifs is 1. The molecule has 1 amide bonds. The van der Waals surface area contributed by atoms with Crippen LogP contribution in [0.5, 0.6) is 0 Å². The SMILES string of the molecule is CN(C)CC(=O)N1CC[C@H](CCCc2nc(N3CCOCC3)cc(-n3c(C(F)F)nc4ccccc43)n2)C1. The minimum atomic E-state index is -2.74. The van der Waals surface area contributed by atoms with Gasteiger partial charge in [0.2, 0.25) is 5.91 Å². The van der Waals surface area contributed by atoms with Gasteiger partial charge < -0.3 is 19.4 Å². The van der Waals surface area contributed by atoms with E-state index in [2.05, 4.69) is 9.88 Å². The predicted molar refractivity (Wildman–Crippen MR) is 141 cm³/mol. The predicted octanol–water partition coefficient (Wildman–Crippen LogP) is 3.32. The average Bonchev–Trinajstić information content (AvgIpc) is 3.54. The number of para-hydroxylation sites is 2. The lowest BCUT2D eigenvalue weighted by Gasteiger charge is -2.28. The number of anilines is 1. The standard InChI is InChI=1S/C27H35F2N7O2/c1-33(2)18-25(37)35-11-10-19(17-35)6-5-9-22-31-23(34-12-14-38-15-13-34)16-24(32-22)36-21-8-4-3-7-20(21)30-27(36)26(28)29/h3-4,7-8,16,19,26H,5-6,9-15,17-18H2,1-2H3/t19-/m0/s1. The average molecular weight is 528 g/mol. The number of morpholine rings is 1. The molecular formula is C27H35F2N7O2. The number of likely N-dealkylation sites (tertiary alicyclic amines) is 1. The van der Waals surface area contributed by atoms with Crippen molar-refractivity contribution in [1.29, 1.82) is 0 Å². The van der Waals surface area contributed by atoms with E-state index in [1.807, 2.05) is 30.0 Å². The van der Waals surface area contributed by atoms with Crippen LogP contribution in [-0.4, -0.2) is 95.3 Å². The highest BCUT2D eigenvalue weighted by Crippen LogP contribution is 2.29. The fourth-order valence-electron chi connectivity index (χ4n) is 5.30. The number of rotatable bonds is 9. The Morgan fingerprint density at radius 1 is 1.11 bits per heavy atom. The number of aromatic nitrogens is 4. The van der Waals surface area contributed by atoms with Crippen LogP contribution in [0.1, 0.15) is 37.3 Å². The van der Waals surface area contributed by atoms with Gasteiger partial charge in [0.1, 0.15) is 17.5 Å². The Hall–Kier alpha value is -3.18. The third-order valence-corrected chi connectivity index (χ3v) is 7.19. The first kappa shape index (κ1) is 26.4. The Labute approximate surface area is 221 Å². The van der Waals surface area contributed by atoms with Crippen molar-refractivity contribution in [2.45, 2.75) is 32.1 Å². The second-order valence-corrected chi connectivity index (χ2v) is 10.3. The van der Waals surface area contributed by atoms with Gasteiger partial charge in [-0.05, 0) is 51.4 Å². The second kappa shape index (κ2) is 11.7. The molecule has 0 unspecified atom stereocenters. The van der Waals surface area contributed by atoms with Crippen molar-refractivity contribution in [2.24, 2.45) is 5.92 Å². The number of ether oxygens (including phenoxy) is 1. The Morgan fingerprint density at radius 2 is 1.87 bits per heavy atom. The molecule has 2 fully saturated rings. The van der Waals surface area contributed by atoms with Crippen molar-refractivity contribution in [3.05, 3.63) is 42.0 Å². The van der Waals surface area contributed by atoms with Crippen molar-refractivity contribution in [3.8, 4) is 5.82 Å². The molecule has 0 bridgehead atoms. The zero-order valence-corrected chi connectivity index (χ0v) is 22.0. The van der Waals surface area contributed by atoms with Crippen molar-refractivity contribution >= 4 is 22.8 Å². The maximum absolute atomic E-state index is 14.1. The number of hydrogen-bond donors (Lipinski definition) is 0. The third-order valence-electron chi connectivity index (χ3n) is 7.19. The number of aryl methyl sites for hydroxylation is 1. The fraction of sp³-hybridized carbons (Fsp3) is 0.556. The van der Waals surface area contributed by atoms with Gasteiger partial charge in [0, 0.05) is 38.7 Å². The summed E-state index contributed by atoms with van der Waals surface area (Å²) >= 11 is 0. The van der Waals surface area contributed by atoms with Crippen LogP contribution in [0, 0.1) is 5.92 Å². The molecule has 204 valence electrons. The maximum Gasteiger partial charge on any atom is 0.296 e. The van der Waals surface area contributed by atoms with Gasteiger partial charge in [0.25, 0.3) is 6.43 Å². The van der Waals surface area contributed by atoms with E-state index in [1.54, 1.807) is 24.3 Å². The fourth-order valence-corrected chi connectivity index (χ4v) is 5.30. The lowest BCUT2D eigenvalue weighted by Crippen LogP contribution is -2.37. The smallest absolute Gasteiger partial charge is 0.296 e. The molecule has 5 rings (SSSR count). The number of imidazole rings is 1. The van der Waals surface area contributed by atoms with E-state index in [4.69, 9.17) is 14.7 Å². The minimum Gasteiger partial charge on any atom is -0.378 e. The highest BCUT2D eigenvalue weighted by atomic mass is 19.3. The molecule has 1 atom stereocenters. The van der Waals surface area contributed by atoms with E-state index in [1.165, 1.54) is 4.57 Å². The Morgan fingerprint density at radius 3 is 2.63 bits per heavy atom. The highest BCUT2D eigenvalue weighted by Gasteiger charge is 2.27. The van der Waals surface area contributed by atoms with Gasteiger partial charge in [-0.25, -0.2) is 23.7 Å². The number of amides is 1. The largest absolute Gasteiger partial charge is 0.378 e. The van der Waals surface area contributed by atoms with E-state index >= 15 is 0 Å². The highest BCUT2D eigenvalue weighted by molar-refractivity contribution is 5.79. The van der Waals surface area contributed by atoms with Gasteiger partial charge >= 0.3 is 0 Å². The Kier molecular flexibility index (Phi) is 8.13. The number of hydrogen-bond acceptors (Lipinski definition) is 7. The molecule has 3 aromatic rings. The summed E-state index contributed by atoms with van der Waals surface area (Å²) in [6.45, 7) is 4.56. The van der Waals surface area contributed by atoms with Gasteiger partial charge in [-0.15, -0.1) is 0 Å². The van der Waals surface area contributed by atoms with E-state index in [9.17, 15) is 13.6 Å². The molecule has 2 aromatic heterocycles. The molecule has 11 heteroatoms.